The molecule has 0 aromatic heterocycles. The van der Waals surface area contributed by atoms with Crippen LogP contribution in [0.25, 0.3) is 22.3 Å². The van der Waals surface area contributed by atoms with Gasteiger partial charge in [-0.05, 0) is 74.7 Å². The number of benzene rings is 3. The maximum Gasteiger partial charge on any atom is 0.0397 e. The van der Waals surface area contributed by atoms with Crippen LogP contribution in [0.1, 0.15) is 76.6 Å². The monoisotopic (exact) mass is 395 g/mol. The minimum atomic E-state index is -0.0134. The van der Waals surface area contributed by atoms with Gasteiger partial charge in [-0.1, -0.05) is 84.0 Å². The van der Waals surface area contributed by atoms with Gasteiger partial charge in [0.15, 0.2) is 0 Å². The molecule has 0 saturated heterocycles. The Bertz CT molecular complexity index is 1180. The Labute approximate surface area is 181 Å². The van der Waals surface area contributed by atoms with E-state index in [4.69, 9.17) is 5.73 Å². The summed E-state index contributed by atoms with van der Waals surface area (Å²) in [5.74, 6) is 0. The highest BCUT2D eigenvalue weighted by Gasteiger charge is 2.38. The maximum absolute atomic E-state index is 6.68. The molecule has 1 heteroatoms. The highest BCUT2D eigenvalue weighted by Crippen LogP contribution is 2.52. The minimum Gasteiger partial charge on any atom is -0.398 e. The highest BCUT2D eigenvalue weighted by atomic mass is 14.6. The second kappa shape index (κ2) is 6.00. The average molecular weight is 396 g/mol. The summed E-state index contributed by atoms with van der Waals surface area (Å²) >= 11 is 0. The lowest BCUT2D eigenvalue weighted by atomic mass is 9.63. The third-order valence-electron chi connectivity index (χ3n) is 7.92. The summed E-state index contributed by atoms with van der Waals surface area (Å²) in [6.07, 6.45) is 2.46. The van der Waals surface area contributed by atoms with E-state index in [1.807, 2.05) is 0 Å². The SMILES string of the molecule is CC1(C)CCC(C)(C)c2cc(-c3cc4c(cc3N)C(C)(C)c3ccccc3-4)ccc21. The Kier molecular flexibility index (Phi) is 3.89. The minimum absolute atomic E-state index is 0.0134. The van der Waals surface area contributed by atoms with Crippen molar-refractivity contribution in [2.75, 3.05) is 5.73 Å². The molecule has 3 aromatic carbocycles. The number of fused-ring (bicyclic) bond motifs is 4. The largest absolute Gasteiger partial charge is 0.398 e. The van der Waals surface area contributed by atoms with Crippen LogP contribution in [0.5, 0.6) is 0 Å². The van der Waals surface area contributed by atoms with Crippen molar-refractivity contribution in [3.05, 3.63) is 76.9 Å². The van der Waals surface area contributed by atoms with Gasteiger partial charge in [-0.15, -0.1) is 0 Å². The fourth-order valence-electron chi connectivity index (χ4n) is 5.77. The lowest BCUT2D eigenvalue weighted by Gasteiger charge is -2.42. The van der Waals surface area contributed by atoms with E-state index in [-0.39, 0.29) is 16.2 Å². The fraction of sp³-hybridized carbons (Fsp3) is 0.379. The molecular formula is C29H33N. The van der Waals surface area contributed by atoms with E-state index in [1.165, 1.54) is 51.8 Å². The lowest BCUT2D eigenvalue weighted by Crippen LogP contribution is -2.33. The van der Waals surface area contributed by atoms with Crippen molar-refractivity contribution in [1.29, 1.82) is 0 Å². The Morgan fingerprint density at radius 2 is 1.27 bits per heavy atom. The molecule has 154 valence electrons. The van der Waals surface area contributed by atoms with Crippen LogP contribution in [0, 0.1) is 0 Å². The second-order valence-corrected chi connectivity index (χ2v) is 11.2. The summed E-state index contributed by atoms with van der Waals surface area (Å²) in [6, 6.07) is 20.4. The number of nitrogens with two attached hydrogens (primary N) is 1. The molecule has 0 unspecified atom stereocenters. The summed E-state index contributed by atoms with van der Waals surface area (Å²) in [6.45, 7) is 14.1. The van der Waals surface area contributed by atoms with Gasteiger partial charge in [0.2, 0.25) is 0 Å². The van der Waals surface area contributed by atoms with Gasteiger partial charge < -0.3 is 5.73 Å². The molecule has 5 rings (SSSR count). The summed E-state index contributed by atoms with van der Waals surface area (Å²) in [5, 5.41) is 0. The molecule has 0 bridgehead atoms. The lowest BCUT2D eigenvalue weighted by molar-refractivity contribution is 0.332. The van der Waals surface area contributed by atoms with Crippen LogP contribution in [0.3, 0.4) is 0 Å². The zero-order valence-electron chi connectivity index (χ0n) is 19.2. The van der Waals surface area contributed by atoms with Gasteiger partial charge in [-0.3, -0.25) is 0 Å². The van der Waals surface area contributed by atoms with Gasteiger partial charge >= 0.3 is 0 Å². The second-order valence-electron chi connectivity index (χ2n) is 11.2. The van der Waals surface area contributed by atoms with Crippen LogP contribution < -0.4 is 5.73 Å². The first-order valence-corrected chi connectivity index (χ1v) is 11.2. The molecule has 0 spiro atoms. The fourth-order valence-corrected chi connectivity index (χ4v) is 5.77. The van der Waals surface area contributed by atoms with Crippen LogP contribution in [-0.4, -0.2) is 0 Å². The molecule has 0 aliphatic heterocycles. The van der Waals surface area contributed by atoms with Crippen molar-refractivity contribution >= 4 is 5.69 Å². The van der Waals surface area contributed by atoms with E-state index < -0.39 is 0 Å². The van der Waals surface area contributed by atoms with Crippen molar-refractivity contribution in [2.24, 2.45) is 0 Å². The number of nitrogen functional groups attached to an aromatic ring is 1. The van der Waals surface area contributed by atoms with Crippen LogP contribution in [0.2, 0.25) is 0 Å². The molecule has 2 aliphatic rings. The Morgan fingerprint density at radius 3 is 2.00 bits per heavy atom. The van der Waals surface area contributed by atoms with Crippen molar-refractivity contribution in [2.45, 2.75) is 70.6 Å². The Balaban J connectivity index is 1.72. The number of anilines is 1. The number of rotatable bonds is 1. The van der Waals surface area contributed by atoms with Gasteiger partial charge in [0.25, 0.3) is 0 Å². The van der Waals surface area contributed by atoms with Gasteiger partial charge in [0, 0.05) is 16.7 Å². The molecule has 2 N–H and O–H groups in total. The summed E-state index contributed by atoms with van der Waals surface area (Å²) in [5.41, 5.74) is 18.7. The van der Waals surface area contributed by atoms with Crippen molar-refractivity contribution in [3.8, 4) is 22.3 Å². The van der Waals surface area contributed by atoms with Gasteiger partial charge in [0.05, 0.1) is 0 Å². The first-order chi connectivity index (χ1) is 14.0. The summed E-state index contributed by atoms with van der Waals surface area (Å²) < 4.78 is 0. The molecule has 3 aromatic rings. The molecule has 0 amide bonds. The first-order valence-electron chi connectivity index (χ1n) is 11.2. The van der Waals surface area contributed by atoms with Crippen LogP contribution >= 0.6 is 0 Å². The zero-order chi connectivity index (χ0) is 21.5. The van der Waals surface area contributed by atoms with Gasteiger partial charge in [0.1, 0.15) is 0 Å². The molecule has 2 aliphatic carbocycles. The number of hydrogen-bond acceptors (Lipinski definition) is 1. The van der Waals surface area contributed by atoms with Crippen LogP contribution in [-0.2, 0) is 16.2 Å². The highest BCUT2D eigenvalue weighted by molar-refractivity contribution is 5.89. The normalized spacial score (nSPS) is 19.7. The van der Waals surface area contributed by atoms with Crippen molar-refractivity contribution in [1.82, 2.24) is 0 Å². The quantitative estimate of drug-likeness (QED) is 0.422. The van der Waals surface area contributed by atoms with E-state index in [9.17, 15) is 0 Å². The predicted octanol–water partition coefficient (Wildman–Crippen LogP) is 7.59. The molecule has 0 radical (unpaired) electrons. The van der Waals surface area contributed by atoms with E-state index in [1.54, 1.807) is 0 Å². The summed E-state index contributed by atoms with van der Waals surface area (Å²) in [4.78, 5) is 0. The maximum atomic E-state index is 6.68. The third-order valence-corrected chi connectivity index (χ3v) is 7.92. The van der Waals surface area contributed by atoms with E-state index in [2.05, 4.69) is 96.1 Å². The number of hydrogen-bond donors (Lipinski definition) is 1. The Hall–Kier alpha value is -2.54. The topological polar surface area (TPSA) is 26.0 Å². The Morgan fingerprint density at radius 1 is 0.600 bits per heavy atom. The van der Waals surface area contributed by atoms with Gasteiger partial charge in [-0.25, -0.2) is 0 Å². The molecule has 0 heterocycles. The zero-order valence-corrected chi connectivity index (χ0v) is 19.2. The smallest absolute Gasteiger partial charge is 0.0397 e. The van der Waals surface area contributed by atoms with Gasteiger partial charge in [-0.2, -0.15) is 0 Å². The molecule has 0 fully saturated rings. The first kappa shape index (κ1) is 19.4. The molecule has 0 saturated carbocycles. The standard InChI is InChI=1S/C29H33N/c1-27(2)13-14-28(3,4)25-15-18(11-12-23(25)27)20-16-21-19-9-7-8-10-22(19)29(5,6)24(21)17-26(20)30/h7-12,15-17H,13-14,30H2,1-6H3. The van der Waals surface area contributed by atoms with Crippen LogP contribution in [0.4, 0.5) is 5.69 Å². The average Bonchev–Trinajstić information content (AvgIpc) is 2.92. The summed E-state index contributed by atoms with van der Waals surface area (Å²) in [7, 11) is 0. The van der Waals surface area contributed by atoms with Crippen molar-refractivity contribution < 1.29 is 0 Å². The van der Waals surface area contributed by atoms with E-state index >= 15 is 0 Å². The van der Waals surface area contributed by atoms with Crippen molar-refractivity contribution in [3.63, 3.8) is 0 Å². The molecule has 30 heavy (non-hydrogen) atoms. The molecule has 0 atom stereocenters. The van der Waals surface area contributed by atoms with E-state index in [0.717, 1.165) is 11.3 Å². The van der Waals surface area contributed by atoms with Crippen LogP contribution in [0.15, 0.2) is 54.6 Å². The molecular weight excluding hydrogens is 362 g/mol. The molecule has 1 nitrogen and oxygen atoms in total. The van der Waals surface area contributed by atoms with E-state index in [0.29, 0.717) is 0 Å². The predicted molar refractivity (Wildman–Crippen MR) is 129 cm³/mol. The third kappa shape index (κ3) is 2.61.